The summed E-state index contributed by atoms with van der Waals surface area (Å²) in [5, 5.41) is 0. The first-order chi connectivity index (χ1) is 12.0. The number of carbonyl (C=O) groups is 1. The van der Waals surface area contributed by atoms with E-state index in [9.17, 15) is 13.2 Å². The summed E-state index contributed by atoms with van der Waals surface area (Å²) in [4.78, 5) is 10.8. The summed E-state index contributed by atoms with van der Waals surface area (Å²) in [6.45, 7) is 5.46. The van der Waals surface area contributed by atoms with Gasteiger partial charge in [0, 0.05) is 29.6 Å². The molecule has 1 radical (unpaired) electrons. The van der Waals surface area contributed by atoms with E-state index in [0.29, 0.717) is 6.42 Å². The topological polar surface area (TPSA) is 72.5 Å². The Kier molecular flexibility index (Phi) is 21.7. The molecule has 149 valence electrons. The third-order valence-electron chi connectivity index (χ3n) is 4.20. The Labute approximate surface area is 183 Å². The van der Waals surface area contributed by atoms with Gasteiger partial charge < -0.3 is 0 Å². The Balaban J connectivity index is 0. The first-order valence-electron chi connectivity index (χ1n) is 9.85. The van der Waals surface area contributed by atoms with Gasteiger partial charge in [-0.05, 0) is 12.5 Å². The van der Waals surface area contributed by atoms with Crippen molar-refractivity contribution in [1.82, 2.24) is 5.48 Å². The maximum absolute atomic E-state index is 11.5. The zero-order chi connectivity index (χ0) is 18.8. The Bertz CT molecular complexity index is 441. The van der Waals surface area contributed by atoms with Crippen LogP contribution >= 0.6 is 0 Å². The fourth-order valence-electron chi connectivity index (χ4n) is 2.66. The fraction of sp³-hybridized carbons (Fsp3) is 0.842. The van der Waals surface area contributed by atoms with Crippen molar-refractivity contribution in [2.24, 2.45) is 0 Å². The van der Waals surface area contributed by atoms with Crippen LogP contribution in [0.1, 0.15) is 96.8 Å². The molecule has 0 aliphatic carbocycles. The average Bonchev–Trinajstić information content (AvgIpc) is 2.60. The number of unbranched alkanes of at least 4 members (excludes halogenated alkanes) is 13. The molecule has 5 nitrogen and oxygen atoms in total. The van der Waals surface area contributed by atoms with Crippen molar-refractivity contribution >= 4 is 45.6 Å². The molecule has 0 saturated carbocycles. The van der Waals surface area contributed by atoms with Gasteiger partial charge >= 0.3 is 0 Å². The van der Waals surface area contributed by atoms with E-state index < -0.39 is 16.0 Å². The molecule has 7 heteroatoms. The molecule has 0 aromatic heterocycles. The molecule has 26 heavy (non-hydrogen) atoms. The summed E-state index contributed by atoms with van der Waals surface area (Å²) < 4.78 is 27.4. The molecule has 0 unspecified atom stereocenters. The monoisotopic (exact) mass is 398 g/mol. The van der Waals surface area contributed by atoms with Crippen LogP contribution in [-0.2, 0) is 19.2 Å². The molecule has 1 N–H and O–H groups in total. The number of hydrogen-bond acceptors (Lipinski definition) is 4. The minimum absolute atomic E-state index is 0. The Morgan fingerprint density at radius 2 is 1.23 bits per heavy atom. The number of carbonyl (C=O) groups excluding carboxylic acids is 1. The molecule has 0 heterocycles. The zero-order valence-corrected chi connectivity index (χ0v) is 19.7. The molecule has 0 bridgehead atoms. The van der Waals surface area contributed by atoms with Crippen molar-refractivity contribution < 1.29 is 17.5 Å². The number of amides is 1. The largest absolute Gasteiger partial charge is 0.287 e. The molecule has 0 aromatic rings. The van der Waals surface area contributed by atoms with Crippen LogP contribution in [0.3, 0.4) is 0 Å². The maximum atomic E-state index is 11.5. The summed E-state index contributed by atoms with van der Waals surface area (Å²) >= 11 is 0. The quantitative estimate of drug-likeness (QED) is 0.158. The molecule has 0 rings (SSSR count). The minimum Gasteiger partial charge on any atom is -0.268 e. The molecule has 0 atom stereocenters. The second-order valence-electron chi connectivity index (χ2n) is 6.61. The minimum atomic E-state index is -3.68. The van der Waals surface area contributed by atoms with Gasteiger partial charge in [-0.2, -0.15) is 8.42 Å². The summed E-state index contributed by atoms with van der Waals surface area (Å²) in [5.41, 5.74) is 1.83. The van der Waals surface area contributed by atoms with Crippen molar-refractivity contribution in [2.75, 3.05) is 5.75 Å². The van der Waals surface area contributed by atoms with Gasteiger partial charge in [0.2, 0.25) is 0 Å². The number of hydroxylamine groups is 1. The molecule has 0 fully saturated rings. The van der Waals surface area contributed by atoms with Crippen LogP contribution < -0.4 is 5.48 Å². The summed E-state index contributed by atoms with van der Waals surface area (Å²) in [6, 6.07) is 0. The predicted octanol–water partition coefficient (Wildman–Crippen LogP) is 4.65. The molecule has 0 aliphatic rings. The molecule has 0 spiro atoms. The number of nitrogens with one attached hydrogen (secondary N) is 1. The van der Waals surface area contributed by atoms with Crippen molar-refractivity contribution in [3.05, 3.63) is 12.7 Å². The van der Waals surface area contributed by atoms with Crippen molar-refractivity contribution in [2.45, 2.75) is 96.8 Å². The average molecular weight is 399 g/mol. The third kappa shape index (κ3) is 20.4. The fourth-order valence-corrected chi connectivity index (χ4v) is 3.51. The first-order valence-corrected chi connectivity index (χ1v) is 11.4. The van der Waals surface area contributed by atoms with E-state index in [4.69, 9.17) is 0 Å². The Morgan fingerprint density at radius 3 is 1.62 bits per heavy atom. The second kappa shape index (κ2) is 19.9. The smallest absolute Gasteiger partial charge is 0.268 e. The van der Waals surface area contributed by atoms with E-state index in [2.05, 4.69) is 17.8 Å². The molecule has 1 amide bonds. The Hall–Kier alpha value is 0.120. The SMILES string of the molecule is C=CC(=O)NOS(=O)(=O)CCCCCCCCCCCCCCCC.[Na]. The number of hydrogen-bond donors (Lipinski definition) is 1. The van der Waals surface area contributed by atoms with Crippen molar-refractivity contribution in [3.8, 4) is 0 Å². The van der Waals surface area contributed by atoms with E-state index in [-0.39, 0.29) is 35.3 Å². The Morgan fingerprint density at radius 1 is 0.846 bits per heavy atom. The van der Waals surface area contributed by atoms with Gasteiger partial charge in [0.15, 0.2) is 0 Å². The van der Waals surface area contributed by atoms with Gasteiger partial charge in [-0.1, -0.05) is 97.0 Å². The van der Waals surface area contributed by atoms with Crippen LogP contribution in [0.25, 0.3) is 0 Å². The van der Waals surface area contributed by atoms with E-state index in [1.165, 1.54) is 64.2 Å². The molecular weight excluding hydrogens is 361 g/mol. The first kappa shape index (κ1) is 28.3. The summed E-state index contributed by atoms with van der Waals surface area (Å²) in [6.07, 6.45) is 18.0. The van der Waals surface area contributed by atoms with Crippen LogP contribution in [0.4, 0.5) is 0 Å². The van der Waals surface area contributed by atoms with Crippen LogP contribution in [-0.4, -0.2) is 49.6 Å². The number of rotatable bonds is 18. The standard InChI is InChI=1S/C19H37NO4S.Na/c1-3-5-6-7-8-9-10-11-12-13-14-15-16-17-18-25(22,23)24-20-19(21)4-2;/h4H,2-3,5-18H2,1H3,(H,20,21);. The molecule has 0 saturated heterocycles. The van der Waals surface area contributed by atoms with E-state index >= 15 is 0 Å². The van der Waals surface area contributed by atoms with Crippen LogP contribution in [0.2, 0.25) is 0 Å². The third-order valence-corrected chi connectivity index (χ3v) is 5.33. The maximum Gasteiger partial charge on any atom is 0.287 e. The van der Waals surface area contributed by atoms with Crippen LogP contribution in [0.5, 0.6) is 0 Å². The molecule has 0 aliphatic heterocycles. The molecular formula is C19H37NNaO4S. The van der Waals surface area contributed by atoms with Crippen LogP contribution in [0.15, 0.2) is 12.7 Å². The van der Waals surface area contributed by atoms with E-state index in [0.717, 1.165) is 25.3 Å². The normalized spacial score (nSPS) is 11.0. The second-order valence-corrected chi connectivity index (χ2v) is 8.30. The zero-order valence-electron chi connectivity index (χ0n) is 16.9. The van der Waals surface area contributed by atoms with Gasteiger partial charge in [-0.25, -0.2) is 5.48 Å². The van der Waals surface area contributed by atoms with Gasteiger partial charge in [0.05, 0.1) is 5.75 Å². The van der Waals surface area contributed by atoms with Crippen molar-refractivity contribution in [3.63, 3.8) is 0 Å². The molecule has 0 aromatic carbocycles. The van der Waals surface area contributed by atoms with E-state index in [1.807, 2.05) is 5.48 Å². The van der Waals surface area contributed by atoms with Gasteiger partial charge in [-0.3, -0.25) is 4.79 Å². The van der Waals surface area contributed by atoms with Crippen molar-refractivity contribution in [1.29, 1.82) is 0 Å². The van der Waals surface area contributed by atoms with Gasteiger partial charge in [0.25, 0.3) is 16.0 Å². The van der Waals surface area contributed by atoms with Crippen LogP contribution in [0, 0.1) is 0 Å². The summed E-state index contributed by atoms with van der Waals surface area (Å²) in [5.74, 6) is -0.729. The summed E-state index contributed by atoms with van der Waals surface area (Å²) in [7, 11) is -3.68. The van der Waals surface area contributed by atoms with E-state index in [1.54, 1.807) is 0 Å². The predicted molar refractivity (Wildman–Crippen MR) is 109 cm³/mol. The van der Waals surface area contributed by atoms with Gasteiger partial charge in [0.1, 0.15) is 0 Å². The van der Waals surface area contributed by atoms with Gasteiger partial charge in [-0.15, -0.1) is 4.28 Å².